The summed E-state index contributed by atoms with van der Waals surface area (Å²) >= 11 is 1.35. The van der Waals surface area contributed by atoms with Crippen LogP contribution in [0.3, 0.4) is 0 Å². The molecule has 1 unspecified atom stereocenters. The maximum atomic E-state index is 12.7. The van der Waals surface area contributed by atoms with Crippen LogP contribution in [-0.2, 0) is 11.2 Å². The molecule has 0 saturated carbocycles. The van der Waals surface area contributed by atoms with Gasteiger partial charge in [0.05, 0.1) is 10.8 Å². The van der Waals surface area contributed by atoms with Crippen LogP contribution in [0.2, 0.25) is 0 Å². The van der Waals surface area contributed by atoms with Gasteiger partial charge in [-0.2, -0.15) is 5.26 Å². The van der Waals surface area contributed by atoms with Crippen LogP contribution in [0.1, 0.15) is 49.9 Å². The van der Waals surface area contributed by atoms with Crippen molar-refractivity contribution >= 4 is 23.5 Å². The Hall–Kier alpha value is -2.39. The topological polar surface area (TPSA) is 78.7 Å². The first-order valence-corrected chi connectivity index (χ1v) is 9.76. The molecular formula is C20H24N4OS. The first kappa shape index (κ1) is 19.9. The van der Waals surface area contributed by atoms with E-state index in [1.165, 1.54) is 11.8 Å². The number of carbonyl (C=O) groups is 1. The van der Waals surface area contributed by atoms with E-state index in [0.717, 1.165) is 30.5 Å². The van der Waals surface area contributed by atoms with E-state index in [1.807, 2.05) is 32.0 Å². The third-order valence-electron chi connectivity index (χ3n) is 3.99. The van der Waals surface area contributed by atoms with Crippen LogP contribution in [0.15, 0.2) is 35.5 Å². The van der Waals surface area contributed by atoms with Gasteiger partial charge in [-0.25, -0.2) is 9.97 Å². The fraction of sp³-hybridized carbons (Fsp3) is 0.400. The minimum Gasteiger partial charge on any atom is -0.310 e. The largest absolute Gasteiger partial charge is 0.310 e. The van der Waals surface area contributed by atoms with E-state index in [1.54, 1.807) is 12.3 Å². The molecule has 0 fully saturated rings. The van der Waals surface area contributed by atoms with Gasteiger partial charge >= 0.3 is 0 Å². The summed E-state index contributed by atoms with van der Waals surface area (Å²) in [6.07, 6.45) is 5.32. The Morgan fingerprint density at radius 2 is 2.15 bits per heavy atom. The Kier molecular flexibility index (Phi) is 7.61. The average molecular weight is 369 g/mol. The molecule has 6 heteroatoms. The third kappa shape index (κ3) is 5.30. The lowest BCUT2D eigenvalue weighted by Gasteiger charge is -2.16. The van der Waals surface area contributed by atoms with Crippen molar-refractivity contribution in [3.05, 3.63) is 47.3 Å². The zero-order chi connectivity index (χ0) is 18.9. The predicted molar refractivity (Wildman–Crippen MR) is 105 cm³/mol. The van der Waals surface area contributed by atoms with Crippen LogP contribution in [0, 0.1) is 18.3 Å². The number of unbranched alkanes of at least 4 members (excludes halogenated alkanes) is 1. The zero-order valence-corrected chi connectivity index (χ0v) is 16.3. The molecule has 0 aromatic carbocycles. The summed E-state index contributed by atoms with van der Waals surface area (Å²) in [4.78, 5) is 21.5. The molecule has 2 heterocycles. The van der Waals surface area contributed by atoms with E-state index in [9.17, 15) is 10.1 Å². The number of nitrogens with one attached hydrogen (secondary N) is 1. The van der Waals surface area contributed by atoms with Crippen LogP contribution < -0.4 is 5.32 Å². The fourth-order valence-electron chi connectivity index (χ4n) is 2.42. The van der Waals surface area contributed by atoms with Crippen molar-refractivity contribution in [3.8, 4) is 6.07 Å². The summed E-state index contributed by atoms with van der Waals surface area (Å²) in [5, 5.41) is 12.5. The number of carbonyl (C=O) groups excluding carboxylic acids is 1. The van der Waals surface area contributed by atoms with E-state index >= 15 is 0 Å². The Balaban J connectivity index is 2.17. The van der Waals surface area contributed by atoms with Crippen molar-refractivity contribution in [2.24, 2.45) is 0 Å². The number of anilines is 1. The number of hydrogen-bond donors (Lipinski definition) is 1. The molecule has 1 N–H and O–H groups in total. The van der Waals surface area contributed by atoms with E-state index < -0.39 is 0 Å². The van der Waals surface area contributed by atoms with Gasteiger partial charge < -0.3 is 5.32 Å². The van der Waals surface area contributed by atoms with Gasteiger partial charge in [0.15, 0.2) is 0 Å². The Morgan fingerprint density at radius 3 is 2.81 bits per heavy atom. The summed E-state index contributed by atoms with van der Waals surface area (Å²) in [6.45, 7) is 6.00. The molecule has 1 atom stereocenters. The molecule has 0 radical (unpaired) electrons. The Labute approximate surface area is 159 Å². The second-order valence-electron chi connectivity index (χ2n) is 6.04. The lowest BCUT2D eigenvalue weighted by atomic mass is 10.2. The minimum atomic E-state index is -0.336. The Bertz CT molecular complexity index is 801. The standard InChI is InChI=1S/C20H24N4OS/c1-4-6-9-16-11-10-15(13-21)20(23-16)26-17(5-2)19(25)24-18-14(3)8-7-12-22-18/h7-8,10-12,17H,4-6,9H2,1-3H3,(H,22,24,25). The smallest absolute Gasteiger partial charge is 0.239 e. The number of amides is 1. The first-order chi connectivity index (χ1) is 12.6. The van der Waals surface area contributed by atoms with Gasteiger partial charge in [0.25, 0.3) is 0 Å². The lowest BCUT2D eigenvalue weighted by molar-refractivity contribution is -0.115. The van der Waals surface area contributed by atoms with Gasteiger partial charge in [-0.15, -0.1) is 0 Å². The molecule has 2 aromatic rings. The number of nitriles is 1. The lowest BCUT2D eigenvalue weighted by Crippen LogP contribution is -2.25. The molecule has 2 aromatic heterocycles. The van der Waals surface area contributed by atoms with Crippen LogP contribution in [0.4, 0.5) is 5.82 Å². The van der Waals surface area contributed by atoms with Gasteiger partial charge in [0.2, 0.25) is 5.91 Å². The summed E-state index contributed by atoms with van der Waals surface area (Å²) in [5.41, 5.74) is 2.39. The van der Waals surface area contributed by atoms with Crippen molar-refractivity contribution in [2.45, 2.75) is 56.7 Å². The number of nitrogens with zero attached hydrogens (tertiary/aromatic N) is 3. The molecule has 136 valence electrons. The van der Waals surface area contributed by atoms with Crippen molar-refractivity contribution in [2.75, 3.05) is 5.32 Å². The van der Waals surface area contributed by atoms with Crippen molar-refractivity contribution in [1.29, 1.82) is 5.26 Å². The first-order valence-electron chi connectivity index (χ1n) is 8.88. The summed E-state index contributed by atoms with van der Waals surface area (Å²) in [7, 11) is 0. The number of hydrogen-bond acceptors (Lipinski definition) is 5. The van der Waals surface area contributed by atoms with Crippen LogP contribution in [-0.4, -0.2) is 21.1 Å². The third-order valence-corrected chi connectivity index (χ3v) is 5.36. The highest BCUT2D eigenvalue weighted by Gasteiger charge is 2.21. The van der Waals surface area contributed by atoms with Crippen LogP contribution in [0.5, 0.6) is 0 Å². The number of pyridine rings is 2. The zero-order valence-electron chi connectivity index (χ0n) is 15.5. The van der Waals surface area contributed by atoms with Gasteiger partial charge in [-0.3, -0.25) is 4.79 Å². The maximum absolute atomic E-state index is 12.7. The highest BCUT2D eigenvalue weighted by Crippen LogP contribution is 2.28. The SMILES string of the molecule is CCCCc1ccc(C#N)c(SC(CC)C(=O)Nc2ncccc2C)n1. The minimum absolute atomic E-state index is 0.121. The van der Waals surface area contributed by atoms with Gasteiger partial charge in [-0.1, -0.05) is 38.1 Å². The molecular weight excluding hydrogens is 344 g/mol. The van der Waals surface area contributed by atoms with Crippen LogP contribution >= 0.6 is 11.8 Å². The average Bonchev–Trinajstić information content (AvgIpc) is 2.66. The van der Waals surface area contributed by atoms with Crippen molar-refractivity contribution < 1.29 is 4.79 Å². The van der Waals surface area contributed by atoms with Gasteiger partial charge in [-0.05, 0) is 49.9 Å². The van der Waals surface area contributed by atoms with Gasteiger partial charge in [0, 0.05) is 11.9 Å². The van der Waals surface area contributed by atoms with E-state index in [0.29, 0.717) is 22.8 Å². The quantitative estimate of drug-likeness (QED) is 0.694. The molecule has 2 rings (SSSR count). The van der Waals surface area contributed by atoms with Crippen molar-refractivity contribution in [3.63, 3.8) is 0 Å². The monoisotopic (exact) mass is 368 g/mol. The molecule has 0 aliphatic rings. The summed E-state index contributed by atoms with van der Waals surface area (Å²) < 4.78 is 0. The van der Waals surface area contributed by atoms with Crippen molar-refractivity contribution in [1.82, 2.24) is 9.97 Å². The van der Waals surface area contributed by atoms with E-state index in [4.69, 9.17) is 0 Å². The number of rotatable bonds is 8. The highest BCUT2D eigenvalue weighted by atomic mass is 32.2. The summed E-state index contributed by atoms with van der Waals surface area (Å²) in [6, 6.07) is 9.62. The molecule has 1 amide bonds. The number of aryl methyl sites for hydroxylation is 2. The second-order valence-corrected chi connectivity index (χ2v) is 7.23. The summed E-state index contributed by atoms with van der Waals surface area (Å²) in [5.74, 6) is 0.450. The maximum Gasteiger partial charge on any atom is 0.239 e. The molecule has 26 heavy (non-hydrogen) atoms. The normalized spacial score (nSPS) is 11.6. The molecule has 0 bridgehead atoms. The highest BCUT2D eigenvalue weighted by molar-refractivity contribution is 8.00. The fourth-order valence-corrected chi connectivity index (χ4v) is 3.43. The van der Waals surface area contributed by atoms with Gasteiger partial charge in [0.1, 0.15) is 16.9 Å². The van der Waals surface area contributed by atoms with E-state index in [-0.39, 0.29) is 11.2 Å². The molecule has 5 nitrogen and oxygen atoms in total. The number of thioether (sulfide) groups is 1. The molecule has 0 aliphatic heterocycles. The molecule has 0 aliphatic carbocycles. The number of aromatic nitrogens is 2. The molecule has 0 saturated heterocycles. The second kappa shape index (κ2) is 9.93. The van der Waals surface area contributed by atoms with Crippen LogP contribution in [0.25, 0.3) is 0 Å². The van der Waals surface area contributed by atoms with E-state index in [2.05, 4.69) is 28.3 Å². The predicted octanol–water partition coefficient (Wildman–Crippen LogP) is 4.51. The molecule has 0 spiro atoms. The Morgan fingerprint density at radius 1 is 1.35 bits per heavy atom.